The van der Waals surface area contributed by atoms with E-state index in [9.17, 15) is 0 Å². The van der Waals surface area contributed by atoms with Crippen LogP contribution in [0.5, 0.6) is 0 Å². The summed E-state index contributed by atoms with van der Waals surface area (Å²) in [6.07, 6.45) is 0. The standard InChI is InChI=1S/C6H17NO3Si/c1-4-8-6(9-5-2)10-11-7-3/h6-7H,4-5,11H2,1-3H3. The van der Waals surface area contributed by atoms with Crippen LogP contribution in [0.15, 0.2) is 0 Å². The number of rotatable bonds is 7. The lowest BCUT2D eigenvalue weighted by atomic mass is 10.8. The van der Waals surface area contributed by atoms with Crippen molar-refractivity contribution in [2.75, 3.05) is 20.3 Å². The molecule has 1 N–H and O–H groups in total. The van der Waals surface area contributed by atoms with E-state index in [1.165, 1.54) is 0 Å². The molecule has 68 valence electrons. The fourth-order valence-electron chi connectivity index (χ4n) is 0.568. The van der Waals surface area contributed by atoms with Crippen LogP contribution in [-0.2, 0) is 13.9 Å². The molecule has 0 unspecified atom stereocenters. The molecule has 0 aromatic heterocycles. The molecule has 11 heavy (non-hydrogen) atoms. The first-order valence-electron chi connectivity index (χ1n) is 3.84. The lowest BCUT2D eigenvalue weighted by Gasteiger charge is -2.16. The van der Waals surface area contributed by atoms with Crippen LogP contribution in [0.1, 0.15) is 13.8 Å². The Hall–Kier alpha value is 0.0569. The Morgan fingerprint density at radius 1 is 1.27 bits per heavy atom. The summed E-state index contributed by atoms with van der Waals surface area (Å²) in [5.74, 6) is 0. The van der Waals surface area contributed by atoms with Gasteiger partial charge in [0.15, 0.2) is 0 Å². The minimum absolute atomic E-state index is 0.468. The molecule has 0 amide bonds. The fourth-order valence-corrected chi connectivity index (χ4v) is 1.06. The van der Waals surface area contributed by atoms with Gasteiger partial charge in [-0.2, -0.15) is 0 Å². The van der Waals surface area contributed by atoms with Gasteiger partial charge in [0.1, 0.15) is 0 Å². The molecule has 0 saturated carbocycles. The first-order valence-corrected chi connectivity index (χ1v) is 5.13. The molecular weight excluding hydrogens is 162 g/mol. The zero-order chi connectivity index (χ0) is 8.53. The molecule has 0 bridgehead atoms. The van der Waals surface area contributed by atoms with Gasteiger partial charge in [-0.05, 0) is 20.9 Å². The van der Waals surface area contributed by atoms with E-state index in [4.69, 9.17) is 13.9 Å². The maximum Gasteiger partial charge on any atom is 0.262 e. The van der Waals surface area contributed by atoms with E-state index in [-0.39, 0.29) is 0 Å². The number of hydrogen-bond donors (Lipinski definition) is 1. The van der Waals surface area contributed by atoms with E-state index in [1.807, 2.05) is 20.9 Å². The van der Waals surface area contributed by atoms with Gasteiger partial charge in [0.05, 0.1) is 0 Å². The van der Waals surface area contributed by atoms with Crippen molar-refractivity contribution in [2.45, 2.75) is 20.3 Å². The largest absolute Gasteiger partial charge is 0.363 e. The molecule has 0 heterocycles. The quantitative estimate of drug-likeness (QED) is 0.425. The summed E-state index contributed by atoms with van der Waals surface area (Å²) in [4.78, 5) is 2.97. The van der Waals surface area contributed by atoms with Gasteiger partial charge < -0.3 is 18.9 Å². The molecule has 4 nitrogen and oxygen atoms in total. The van der Waals surface area contributed by atoms with Crippen LogP contribution in [0.3, 0.4) is 0 Å². The molecule has 0 rings (SSSR count). The maximum absolute atomic E-state index is 5.26. The Balaban J connectivity index is 3.34. The molecule has 0 atom stereocenters. The van der Waals surface area contributed by atoms with Crippen molar-refractivity contribution in [3.05, 3.63) is 0 Å². The highest BCUT2D eigenvalue weighted by Crippen LogP contribution is 1.94. The first-order chi connectivity index (χ1) is 5.35. The zero-order valence-corrected chi connectivity index (χ0v) is 8.84. The van der Waals surface area contributed by atoms with Crippen LogP contribution in [0, 0.1) is 0 Å². The van der Waals surface area contributed by atoms with Gasteiger partial charge in [-0.15, -0.1) is 0 Å². The molecule has 0 aromatic carbocycles. The summed E-state index contributed by atoms with van der Waals surface area (Å²) in [6.45, 7) is 4.59. The number of hydrogen-bond acceptors (Lipinski definition) is 4. The minimum Gasteiger partial charge on any atom is -0.363 e. The molecule has 0 spiro atoms. The third kappa shape index (κ3) is 6.45. The predicted octanol–water partition coefficient (Wildman–Crippen LogP) is -0.422. The van der Waals surface area contributed by atoms with Crippen molar-refractivity contribution < 1.29 is 13.9 Å². The lowest BCUT2D eigenvalue weighted by Crippen LogP contribution is -2.28. The topological polar surface area (TPSA) is 39.7 Å². The van der Waals surface area contributed by atoms with Gasteiger partial charge >= 0.3 is 0 Å². The normalized spacial score (nSPS) is 12.0. The Kier molecular flexibility index (Phi) is 8.20. The molecule has 0 aliphatic heterocycles. The third-order valence-electron chi connectivity index (χ3n) is 0.969. The maximum atomic E-state index is 5.26. The van der Waals surface area contributed by atoms with Crippen LogP contribution in [-0.4, -0.2) is 36.7 Å². The highest BCUT2D eigenvalue weighted by atomic mass is 28.2. The van der Waals surface area contributed by atoms with Crippen molar-refractivity contribution in [1.29, 1.82) is 0 Å². The SMILES string of the molecule is CCOC(OCC)O[SiH2]NC. The van der Waals surface area contributed by atoms with E-state index in [1.54, 1.807) is 0 Å². The van der Waals surface area contributed by atoms with Gasteiger partial charge in [-0.1, -0.05) is 0 Å². The summed E-state index contributed by atoms with van der Waals surface area (Å²) < 4.78 is 15.5. The summed E-state index contributed by atoms with van der Waals surface area (Å²) in [6, 6.07) is 0. The van der Waals surface area contributed by atoms with Gasteiger partial charge in [-0.3, -0.25) is 0 Å². The lowest BCUT2D eigenvalue weighted by molar-refractivity contribution is -0.243. The Labute approximate surface area is 70.2 Å². The molecule has 0 fully saturated rings. The van der Waals surface area contributed by atoms with Crippen molar-refractivity contribution >= 4 is 9.92 Å². The average Bonchev–Trinajstić information content (AvgIpc) is 2.01. The van der Waals surface area contributed by atoms with Crippen molar-refractivity contribution in [1.82, 2.24) is 4.98 Å². The molecule has 0 radical (unpaired) electrons. The predicted molar refractivity (Wildman–Crippen MR) is 45.7 cm³/mol. The first kappa shape index (κ1) is 11.1. The third-order valence-corrected chi connectivity index (χ3v) is 1.70. The average molecular weight is 179 g/mol. The summed E-state index contributed by atoms with van der Waals surface area (Å²) in [7, 11) is 1.20. The van der Waals surface area contributed by atoms with E-state index in [0.29, 0.717) is 13.2 Å². The molecule has 0 aliphatic carbocycles. The fraction of sp³-hybridized carbons (Fsp3) is 1.00. The van der Waals surface area contributed by atoms with Gasteiger partial charge in [0, 0.05) is 13.2 Å². The van der Waals surface area contributed by atoms with E-state index in [2.05, 4.69) is 4.98 Å². The smallest absolute Gasteiger partial charge is 0.262 e. The Morgan fingerprint density at radius 2 is 1.82 bits per heavy atom. The minimum atomic E-state index is -0.666. The van der Waals surface area contributed by atoms with E-state index in [0.717, 1.165) is 0 Å². The summed E-state index contributed by atoms with van der Waals surface area (Å²) in [5, 5.41) is 0. The molecule has 0 aromatic rings. The monoisotopic (exact) mass is 179 g/mol. The Bertz CT molecular complexity index is 78.2. The second-order valence-corrected chi connectivity index (χ2v) is 3.19. The van der Waals surface area contributed by atoms with Crippen LogP contribution in [0.25, 0.3) is 0 Å². The summed E-state index contributed by atoms with van der Waals surface area (Å²) in [5.41, 5.74) is 0. The molecular formula is C6H17NO3Si. The second kappa shape index (κ2) is 8.16. The van der Waals surface area contributed by atoms with Crippen LogP contribution < -0.4 is 4.98 Å². The number of nitrogens with one attached hydrogen (secondary N) is 1. The van der Waals surface area contributed by atoms with Crippen molar-refractivity contribution in [3.8, 4) is 0 Å². The van der Waals surface area contributed by atoms with Crippen LogP contribution >= 0.6 is 0 Å². The highest BCUT2D eigenvalue weighted by molar-refractivity contribution is 6.23. The number of ether oxygens (including phenoxy) is 2. The Morgan fingerprint density at radius 3 is 2.18 bits per heavy atom. The van der Waals surface area contributed by atoms with Crippen molar-refractivity contribution in [3.63, 3.8) is 0 Å². The van der Waals surface area contributed by atoms with E-state index < -0.39 is 16.4 Å². The van der Waals surface area contributed by atoms with Crippen LogP contribution in [0.4, 0.5) is 0 Å². The van der Waals surface area contributed by atoms with Gasteiger partial charge in [0.25, 0.3) is 6.48 Å². The molecule has 0 saturated heterocycles. The molecule has 5 heteroatoms. The van der Waals surface area contributed by atoms with Crippen molar-refractivity contribution in [2.24, 2.45) is 0 Å². The highest BCUT2D eigenvalue weighted by Gasteiger charge is 2.05. The van der Waals surface area contributed by atoms with E-state index >= 15 is 0 Å². The van der Waals surface area contributed by atoms with Crippen LogP contribution in [0.2, 0.25) is 0 Å². The summed E-state index contributed by atoms with van der Waals surface area (Å²) >= 11 is 0. The molecule has 0 aliphatic rings. The van der Waals surface area contributed by atoms with Gasteiger partial charge in [-0.25, -0.2) is 0 Å². The van der Waals surface area contributed by atoms with Gasteiger partial charge in [0.2, 0.25) is 9.92 Å². The zero-order valence-electron chi connectivity index (χ0n) is 7.42. The second-order valence-electron chi connectivity index (χ2n) is 1.86.